The molecule has 0 amide bonds. The third kappa shape index (κ3) is 2.79. The van der Waals surface area contributed by atoms with Crippen molar-refractivity contribution in [1.29, 1.82) is 5.26 Å². The first-order chi connectivity index (χ1) is 10.1. The van der Waals surface area contributed by atoms with Gasteiger partial charge in [0.1, 0.15) is 5.56 Å². The molecule has 1 aromatic carbocycles. The van der Waals surface area contributed by atoms with Gasteiger partial charge in [0.25, 0.3) is 0 Å². The van der Waals surface area contributed by atoms with Crippen molar-refractivity contribution in [2.45, 2.75) is 33.1 Å². The minimum atomic E-state index is -0.935. The fraction of sp³-hybridized carbons (Fsp3) is 0.312. The minimum absolute atomic E-state index is 0.309. The molecule has 0 radical (unpaired) electrons. The molecule has 0 atom stereocenters. The summed E-state index contributed by atoms with van der Waals surface area (Å²) >= 11 is 0. The highest BCUT2D eigenvalue weighted by molar-refractivity contribution is 5.90. The first-order valence-electron chi connectivity index (χ1n) is 6.96. The molecule has 0 spiro atoms. The van der Waals surface area contributed by atoms with E-state index in [0.29, 0.717) is 35.4 Å². The first kappa shape index (κ1) is 14.8. The lowest BCUT2D eigenvalue weighted by atomic mass is 10.1. The van der Waals surface area contributed by atoms with Crippen LogP contribution in [0.15, 0.2) is 24.3 Å². The van der Waals surface area contributed by atoms with Gasteiger partial charge in [0.15, 0.2) is 0 Å². The van der Waals surface area contributed by atoms with Crippen LogP contribution in [0.3, 0.4) is 0 Å². The molecule has 0 saturated heterocycles. The van der Waals surface area contributed by atoms with E-state index in [0.717, 1.165) is 12.1 Å². The molecule has 2 rings (SSSR count). The molecule has 1 heterocycles. The standard InChI is InChI=1S/C16H17N3O2/c1-3-5-13-15(16(20)21)14(4-2)19(18-13)12-8-6-11(10-17)7-9-12/h6-9H,3-5H2,1-2H3,(H,20,21). The highest BCUT2D eigenvalue weighted by Crippen LogP contribution is 2.21. The Kier molecular flexibility index (Phi) is 4.39. The lowest BCUT2D eigenvalue weighted by Crippen LogP contribution is -2.06. The molecule has 0 unspecified atom stereocenters. The molecule has 1 N–H and O–H groups in total. The number of nitriles is 1. The molecule has 0 aliphatic heterocycles. The molecular formula is C16H17N3O2. The van der Waals surface area contributed by atoms with Gasteiger partial charge in [-0.2, -0.15) is 10.4 Å². The maximum absolute atomic E-state index is 11.5. The SMILES string of the molecule is CCCc1nn(-c2ccc(C#N)cc2)c(CC)c1C(=O)O. The van der Waals surface area contributed by atoms with Crippen LogP contribution in [0.4, 0.5) is 0 Å². The highest BCUT2D eigenvalue weighted by Gasteiger charge is 2.22. The molecule has 5 heteroatoms. The van der Waals surface area contributed by atoms with E-state index < -0.39 is 5.97 Å². The Hall–Kier alpha value is -2.61. The van der Waals surface area contributed by atoms with Gasteiger partial charge in [-0.3, -0.25) is 0 Å². The van der Waals surface area contributed by atoms with Gasteiger partial charge < -0.3 is 5.11 Å². The number of benzene rings is 1. The summed E-state index contributed by atoms with van der Waals surface area (Å²) in [5.41, 5.74) is 2.96. The summed E-state index contributed by atoms with van der Waals surface area (Å²) in [6, 6.07) is 9.04. The maximum Gasteiger partial charge on any atom is 0.339 e. The second-order valence-electron chi connectivity index (χ2n) is 4.75. The van der Waals surface area contributed by atoms with Crippen molar-refractivity contribution in [2.75, 3.05) is 0 Å². The van der Waals surface area contributed by atoms with Crippen molar-refractivity contribution in [3.63, 3.8) is 0 Å². The Morgan fingerprint density at radius 2 is 2.00 bits per heavy atom. The summed E-state index contributed by atoms with van der Waals surface area (Å²) < 4.78 is 1.68. The number of carbonyl (C=O) groups is 1. The fourth-order valence-electron chi connectivity index (χ4n) is 2.38. The number of hydrogen-bond acceptors (Lipinski definition) is 3. The van der Waals surface area contributed by atoms with Crippen molar-refractivity contribution in [1.82, 2.24) is 9.78 Å². The zero-order chi connectivity index (χ0) is 15.4. The predicted molar refractivity (Wildman–Crippen MR) is 78.6 cm³/mol. The van der Waals surface area contributed by atoms with Crippen LogP contribution in [0.1, 0.15) is 47.6 Å². The Labute approximate surface area is 123 Å². The highest BCUT2D eigenvalue weighted by atomic mass is 16.4. The molecule has 1 aromatic heterocycles. The van der Waals surface area contributed by atoms with Gasteiger partial charge in [0.2, 0.25) is 0 Å². The van der Waals surface area contributed by atoms with Crippen molar-refractivity contribution >= 4 is 5.97 Å². The van der Waals surface area contributed by atoms with Gasteiger partial charge in [-0.15, -0.1) is 0 Å². The maximum atomic E-state index is 11.5. The average molecular weight is 283 g/mol. The molecule has 0 bridgehead atoms. The second-order valence-corrected chi connectivity index (χ2v) is 4.75. The molecule has 0 fully saturated rings. The van der Waals surface area contributed by atoms with Crippen LogP contribution in [-0.4, -0.2) is 20.9 Å². The van der Waals surface area contributed by atoms with E-state index in [1.807, 2.05) is 13.8 Å². The Morgan fingerprint density at radius 3 is 2.48 bits per heavy atom. The third-order valence-electron chi connectivity index (χ3n) is 3.33. The zero-order valence-corrected chi connectivity index (χ0v) is 12.1. The first-order valence-corrected chi connectivity index (χ1v) is 6.96. The largest absolute Gasteiger partial charge is 0.478 e. The van der Waals surface area contributed by atoms with Crippen LogP contribution >= 0.6 is 0 Å². The van der Waals surface area contributed by atoms with Gasteiger partial charge in [0, 0.05) is 0 Å². The normalized spacial score (nSPS) is 10.3. The average Bonchev–Trinajstić information content (AvgIpc) is 2.86. The summed E-state index contributed by atoms with van der Waals surface area (Å²) in [4.78, 5) is 11.5. The summed E-state index contributed by atoms with van der Waals surface area (Å²) in [5, 5.41) is 22.8. The van der Waals surface area contributed by atoms with E-state index in [1.54, 1.807) is 28.9 Å². The summed E-state index contributed by atoms with van der Waals surface area (Å²) in [7, 11) is 0. The van der Waals surface area contributed by atoms with Gasteiger partial charge in [-0.05, 0) is 37.1 Å². The van der Waals surface area contributed by atoms with Gasteiger partial charge in [0.05, 0.1) is 28.7 Å². The zero-order valence-electron chi connectivity index (χ0n) is 12.1. The number of aryl methyl sites for hydroxylation is 1. The van der Waals surface area contributed by atoms with Crippen LogP contribution in [0.25, 0.3) is 5.69 Å². The van der Waals surface area contributed by atoms with Crippen molar-refractivity contribution in [2.24, 2.45) is 0 Å². The number of hydrogen-bond donors (Lipinski definition) is 1. The molecule has 0 saturated carbocycles. The minimum Gasteiger partial charge on any atom is -0.478 e. The van der Waals surface area contributed by atoms with Crippen LogP contribution in [-0.2, 0) is 12.8 Å². The summed E-state index contributed by atoms with van der Waals surface area (Å²) in [5.74, 6) is -0.935. The van der Waals surface area contributed by atoms with Crippen LogP contribution < -0.4 is 0 Å². The second kappa shape index (κ2) is 6.23. The number of aromatic nitrogens is 2. The van der Waals surface area contributed by atoms with Crippen molar-refractivity contribution < 1.29 is 9.90 Å². The molecule has 0 aliphatic rings. The molecule has 21 heavy (non-hydrogen) atoms. The lowest BCUT2D eigenvalue weighted by molar-refractivity contribution is 0.0694. The Morgan fingerprint density at radius 1 is 1.33 bits per heavy atom. The molecule has 0 aliphatic carbocycles. The Bertz CT molecular complexity index is 694. The number of rotatable bonds is 5. The Balaban J connectivity index is 2.59. The van der Waals surface area contributed by atoms with Gasteiger partial charge in [-0.25, -0.2) is 9.48 Å². The lowest BCUT2D eigenvalue weighted by Gasteiger charge is -2.06. The fourth-order valence-corrected chi connectivity index (χ4v) is 2.38. The smallest absolute Gasteiger partial charge is 0.339 e. The van der Waals surface area contributed by atoms with Crippen LogP contribution in [0.5, 0.6) is 0 Å². The molecule has 2 aromatic rings. The number of carboxylic acid groups (broad SMARTS) is 1. The van der Waals surface area contributed by atoms with E-state index in [-0.39, 0.29) is 0 Å². The van der Waals surface area contributed by atoms with Gasteiger partial charge >= 0.3 is 5.97 Å². The number of nitrogens with zero attached hydrogens (tertiary/aromatic N) is 3. The number of carboxylic acids is 1. The molecule has 108 valence electrons. The van der Waals surface area contributed by atoms with E-state index in [1.165, 1.54) is 0 Å². The predicted octanol–water partition coefficient (Wildman–Crippen LogP) is 2.96. The van der Waals surface area contributed by atoms with Gasteiger partial charge in [-0.1, -0.05) is 20.3 Å². The third-order valence-corrected chi connectivity index (χ3v) is 3.33. The van der Waals surface area contributed by atoms with Crippen LogP contribution in [0, 0.1) is 11.3 Å². The quantitative estimate of drug-likeness (QED) is 0.915. The topological polar surface area (TPSA) is 78.9 Å². The summed E-state index contributed by atoms with van der Waals surface area (Å²) in [6.07, 6.45) is 2.06. The van der Waals surface area contributed by atoms with E-state index in [9.17, 15) is 9.90 Å². The molecular weight excluding hydrogens is 266 g/mol. The van der Waals surface area contributed by atoms with E-state index in [2.05, 4.69) is 11.2 Å². The van der Waals surface area contributed by atoms with Crippen molar-refractivity contribution in [3.8, 4) is 11.8 Å². The van der Waals surface area contributed by atoms with Crippen molar-refractivity contribution in [3.05, 3.63) is 46.8 Å². The molecule has 5 nitrogen and oxygen atoms in total. The van der Waals surface area contributed by atoms with E-state index >= 15 is 0 Å². The van der Waals surface area contributed by atoms with E-state index in [4.69, 9.17) is 5.26 Å². The van der Waals surface area contributed by atoms with Crippen LogP contribution in [0.2, 0.25) is 0 Å². The monoisotopic (exact) mass is 283 g/mol. The summed E-state index contributed by atoms with van der Waals surface area (Å²) in [6.45, 7) is 3.91. The number of aromatic carboxylic acids is 1.